The zero-order chi connectivity index (χ0) is 19.6. The fourth-order valence-corrected chi connectivity index (χ4v) is 3.14. The lowest BCUT2D eigenvalue weighted by Gasteiger charge is -2.32. The van der Waals surface area contributed by atoms with Crippen molar-refractivity contribution in [2.75, 3.05) is 20.2 Å². The second kappa shape index (κ2) is 7.39. The van der Waals surface area contributed by atoms with Crippen LogP contribution in [0.1, 0.15) is 32.8 Å². The first kappa shape index (κ1) is 18.9. The highest BCUT2D eigenvalue weighted by molar-refractivity contribution is 6.00. The molecule has 6 nitrogen and oxygen atoms in total. The quantitative estimate of drug-likeness (QED) is 0.754. The number of ether oxygens (including phenoxy) is 2. The lowest BCUT2D eigenvalue weighted by atomic mass is 9.92. The number of benzene rings is 1. The molecule has 0 N–H and O–H groups in total. The number of hydrogen-bond acceptors (Lipinski definition) is 5. The molecule has 1 amide bonds. The zero-order valence-corrected chi connectivity index (χ0v) is 16.1. The number of methoxy groups -OCH3 is 1. The van der Waals surface area contributed by atoms with Gasteiger partial charge in [-0.2, -0.15) is 0 Å². The monoisotopic (exact) mass is 368 g/mol. The second-order valence-corrected chi connectivity index (χ2v) is 7.51. The number of aromatic nitrogens is 1. The topological polar surface area (TPSA) is 68.7 Å². The number of hydrogen-bond donors (Lipinski definition) is 0. The normalized spacial score (nSPS) is 15.0. The Balaban J connectivity index is 1.95. The summed E-state index contributed by atoms with van der Waals surface area (Å²) in [6, 6.07) is 9.78. The van der Waals surface area contributed by atoms with E-state index in [1.165, 1.54) is 7.11 Å². The molecule has 0 spiro atoms. The Morgan fingerprint density at radius 2 is 1.96 bits per heavy atom. The van der Waals surface area contributed by atoms with Crippen molar-refractivity contribution >= 4 is 28.5 Å². The van der Waals surface area contributed by atoms with Gasteiger partial charge in [0.2, 0.25) is 0 Å². The van der Waals surface area contributed by atoms with E-state index in [1.54, 1.807) is 11.1 Å². The van der Waals surface area contributed by atoms with E-state index in [0.717, 1.165) is 22.0 Å². The minimum Gasteiger partial charge on any atom is -0.466 e. The first-order valence-electron chi connectivity index (χ1n) is 8.92. The number of pyridine rings is 1. The summed E-state index contributed by atoms with van der Waals surface area (Å²) >= 11 is 0. The van der Waals surface area contributed by atoms with Gasteiger partial charge in [0.25, 0.3) is 0 Å². The van der Waals surface area contributed by atoms with Crippen molar-refractivity contribution < 1.29 is 19.1 Å². The number of rotatable bonds is 2. The second-order valence-electron chi connectivity index (χ2n) is 7.51. The largest absolute Gasteiger partial charge is 0.466 e. The van der Waals surface area contributed by atoms with E-state index in [0.29, 0.717) is 18.5 Å². The maximum Gasteiger partial charge on any atom is 0.410 e. The van der Waals surface area contributed by atoms with Crippen molar-refractivity contribution in [3.63, 3.8) is 0 Å². The Morgan fingerprint density at radius 1 is 1.19 bits per heavy atom. The summed E-state index contributed by atoms with van der Waals surface area (Å²) < 4.78 is 10.4. The molecule has 0 fully saturated rings. The maximum atomic E-state index is 12.4. The average molecular weight is 368 g/mol. The molecule has 1 aliphatic rings. The SMILES string of the molecule is COC(=O)C1=C(c2ccc3ncccc3c2)CCN(C(=O)OC(C)(C)C)C1. The lowest BCUT2D eigenvalue weighted by Crippen LogP contribution is -2.41. The molecule has 0 atom stereocenters. The van der Waals surface area contributed by atoms with E-state index in [-0.39, 0.29) is 6.54 Å². The summed E-state index contributed by atoms with van der Waals surface area (Å²) in [6.07, 6.45) is 1.88. The van der Waals surface area contributed by atoms with Gasteiger partial charge in [0.05, 0.1) is 24.7 Å². The first-order valence-corrected chi connectivity index (χ1v) is 8.92. The van der Waals surface area contributed by atoms with E-state index in [2.05, 4.69) is 4.98 Å². The molecule has 1 aromatic carbocycles. The molecule has 0 aliphatic carbocycles. The fourth-order valence-electron chi connectivity index (χ4n) is 3.14. The van der Waals surface area contributed by atoms with Crippen molar-refractivity contribution in [3.8, 4) is 0 Å². The summed E-state index contributed by atoms with van der Waals surface area (Å²) in [5, 5.41) is 1.00. The van der Waals surface area contributed by atoms with Gasteiger partial charge >= 0.3 is 12.1 Å². The molecule has 0 saturated carbocycles. The van der Waals surface area contributed by atoms with Gasteiger partial charge < -0.3 is 14.4 Å². The number of amides is 1. The molecule has 27 heavy (non-hydrogen) atoms. The standard InChI is InChI=1S/C21H24N2O4/c1-21(2,3)27-20(25)23-11-9-16(17(13-23)19(24)26-4)14-7-8-18-15(12-14)6-5-10-22-18/h5-8,10,12H,9,11,13H2,1-4H3. The van der Waals surface area contributed by atoms with E-state index in [4.69, 9.17) is 9.47 Å². The van der Waals surface area contributed by atoms with Crippen LogP contribution in [0.3, 0.4) is 0 Å². The molecule has 142 valence electrons. The van der Waals surface area contributed by atoms with Gasteiger partial charge in [-0.3, -0.25) is 4.98 Å². The predicted molar refractivity (Wildman–Crippen MR) is 103 cm³/mol. The van der Waals surface area contributed by atoms with E-state index in [9.17, 15) is 9.59 Å². The van der Waals surface area contributed by atoms with Crippen molar-refractivity contribution in [3.05, 3.63) is 47.7 Å². The summed E-state index contributed by atoms with van der Waals surface area (Å²) in [6.45, 7) is 6.11. The van der Waals surface area contributed by atoms with Crippen LogP contribution in [0, 0.1) is 0 Å². The Kier molecular flexibility index (Phi) is 5.17. The zero-order valence-electron chi connectivity index (χ0n) is 16.1. The molecule has 0 radical (unpaired) electrons. The number of carbonyl (C=O) groups excluding carboxylic acids is 2. The van der Waals surface area contributed by atoms with Gasteiger partial charge in [-0.1, -0.05) is 12.1 Å². The van der Waals surface area contributed by atoms with Crippen LogP contribution < -0.4 is 0 Å². The predicted octanol–water partition coefficient (Wildman–Crippen LogP) is 3.80. The summed E-state index contributed by atoms with van der Waals surface area (Å²) in [5.41, 5.74) is 2.63. The summed E-state index contributed by atoms with van der Waals surface area (Å²) in [7, 11) is 1.35. The summed E-state index contributed by atoms with van der Waals surface area (Å²) in [5.74, 6) is -0.426. The highest BCUT2D eigenvalue weighted by atomic mass is 16.6. The number of carbonyl (C=O) groups is 2. The van der Waals surface area contributed by atoms with Crippen molar-refractivity contribution in [1.29, 1.82) is 0 Å². The molecule has 6 heteroatoms. The van der Waals surface area contributed by atoms with Crippen LogP contribution in [-0.4, -0.2) is 47.7 Å². The van der Waals surface area contributed by atoms with Crippen LogP contribution in [-0.2, 0) is 14.3 Å². The molecular formula is C21H24N2O4. The molecule has 2 heterocycles. The summed E-state index contributed by atoms with van der Waals surface area (Å²) in [4.78, 5) is 30.7. The lowest BCUT2D eigenvalue weighted by molar-refractivity contribution is -0.136. The van der Waals surface area contributed by atoms with Gasteiger partial charge in [0, 0.05) is 18.1 Å². The molecule has 1 aromatic heterocycles. The van der Waals surface area contributed by atoms with Crippen molar-refractivity contribution in [2.45, 2.75) is 32.8 Å². The third kappa shape index (κ3) is 4.27. The van der Waals surface area contributed by atoms with Crippen LogP contribution in [0.5, 0.6) is 0 Å². The van der Waals surface area contributed by atoms with Crippen molar-refractivity contribution in [2.24, 2.45) is 0 Å². The van der Waals surface area contributed by atoms with Gasteiger partial charge in [0.15, 0.2) is 0 Å². The molecule has 0 saturated heterocycles. The van der Waals surface area contributed by atoms with Gasteiger partial charge in [-0.25, -0.2) is 9.59 Å². The molecule has 1 aliphatic heterocycles. The Labute approximate surface area is 158 Å². The number of nitrogens with zero attached hydrogens (tertiary/aromatic N) is 2. The Bertz CT molecular complexity index is 912. The van der Waals surface area contributed by atoms with Gasteiger partial charge in [0.1, 0.15) is 5.60 Å². The first-order chi connectivity index (χ1) is 12.8. The smallest absolute Gasteiger partial charge is 0.410 e. The maximum absolute atomic E-state index is 12.4. The van der Waals surface area contributed by atoms with Gasteiger partial charge in [-0.05, 0) is 56.5 Å². The van der Waals surface area contributed by atoms with Crippen LogP contribution in [0.4, 0.5) is 4.79 Å². The molecule has 2 aromatic rings. The Morgan fingerprint density at radius 3 is 2.67 bits per heavy atom. The minimum atomic E-state index is -0.585. The van der Waals surface area contributed by atoms with Crippen LogP contribution in [0.25, 0.3) is 16.5 Å². The Hall–Kier alpha value is -2.89. The highest BCUT2D eigenvalue weighted by Gasteiger charge is 2.30. The van der Waals surface area contributed by atoms with Gasteiger partial charge in [-0.15, -0.1) is 0 Å². The van der Waals surface area contributed by atoms with E-state index >= 15 is 0 Å². The minimum absolute atomic E-state index is 0.169. The molecule has 3 rings (SSSR count). The van der Waals surface area contributed by atoms with Crippen molar-refractivity contribution in [1.82, 2.24) is 9.88 Å². The molecule has 0 bridgehead atoms. The van der Waals surface area contributed by atoms with Crippen LogP contribution >= 0.6 is 0 Å². The average Bonchev–Trinajstić information content (AvgIpc) is 2.65. The third-order valence-electron chi connectivity index (χ3n) is 4.38. The molecular weight excluding hydrogens is 344 g/mol. The van der Waals surface area contributed by atoms with E-state index in [1.807, 2.05) is 51.1 Å². The van der Waals surface area contributed by atoms with Crippen LogP contribution in [0.2, 0.25) is 0 Å². The highest BCUT2D eigenvalue weighted by Crippen LogP contribution is 2.30. The number of esters is 1. The van der Waals surface area contributed by atoms with E-state index < -0.39 is 17.7 Å². The fraction of sp³-hybridized carbons (Fsp3) is 0.381. The third-order valence-corrected chi connectivity index (χ3v) is 4.38. The molecule has 0 unspecified atom stereocenters. The van der Waals surface area contributed by atoms with Crippen LogP contribution in [0.15, 0.2) is 42.1 Å². The number of fused-ring (bicyclic) bond motifs is 1.